The van der Waals surface area contributed by atoms with Crippen LogP contribution in [0, 0.1) is 0 Å². The average molecular weight is 159 g/mol. The van der Waals surface area contributed by atoms with Gasteiger partial charge in [0.25, 0.3) is 0 Å². The Labute approximate surface area is 70.5 Å². The molecule has 1 unspecified atom stereocenters. The zero-order valence-corrected chi connectivity index (χ0v) is 8.26. The number of hydrogen-bond donors (Lipinski definition) is 0. The van der Waals surface area contributed by atoms with E-state index in [2.05, 4.69) is 25.7 Å². The molecule has 2 heteroatoms. The Morgan fingerprint density at radius 2 is 1.91 bits per heavy atom. The first-order chi connectivity index (χ1) is 5.29. The van der Waals surface area contributed by atoms with E-state index in [9.17, 15) is 0 Å². The molecule has 0 saturated heterocycles. The summed E-state index contributed by atoms with van der Waals surface area (Å²) in [6.07, 6.45) is 2.60. The maximum absolute atomic E-state index is 5.33. The normalized spacial score (nSPS) is 13.9. The van der Waals surface area contributed by atoms with Gasteiger partial charge in [-0.25, -0.2) is 0 Å². The van der Waals surface area contributed by atoms with E-state index in [1.807, 2.05) is 0 Å². The number of methoxy groups -OCH3 is 1. The van der Waals surface area contributed by atoms with Crippen molar-refractivity contribution in [3.8, 4) is 0 Å². The van der Waals surface area contributed by atoms with Crippen LogP contribution in [0.15, 0.2) is 0 Å². The van der Waals surface area contributed by atoms with Crippen LogP contribution in [-0.4, -0.2) is 31.3 Å². The molecular formula is C9H21NO. The van der Waals surface area contributed by atoms with Crippen molar-refractivity contribution in [2.45, 2.75) is 39.8 Å². The largest absolute Gasteiger partial charge is 0.366 e. The highest BCUT2D eigenvalue weighted by atomic mass is 16.5. The molecule has 1 atom stereocenters. The molecule has 0 spiro atoms. The smallest absolute Gasteiger partial charge is 0.109 e. The van der Waals surface area contributed by atoms with Gasteiger partial charge in [-0.2, -0.15) is 0 Å². The van der Waals surface area contributed by atoms with Crippen molar-refractivity contribution in [2.75, 3.05) is 20.2 Å². The minimum Gasteiger partial charge on any atom is -0.366 e. The summed E-state index contributed by atoms with van der Waals surface area (Å²) in [6, 6.07) is 0. The van der Waals surface area contributed by atoms with Crippen molar-refractivity contribution in [1.82, 2.24) is 4.90 Å². The molecule has 0 fully saturated rings. The number of rotatable bonds is 6. The highest BCUT2D eigenvalue weighted by Crippen LogP contribution is 2.04. The fraction of sp³-hybridized carbons (Fsp3) is 1.00. The maximum atomic E-state index is 5.33. The van der Waals surface area contributed by atoms with Gasteiger partial charge in [-0.05, 0) is 19.4 Å². The Balaban J connectivity index is 3.76. The molecule has 0 amide bonds. The first-order valence-corrected chi connectivity index (χ1v) is 4.56. The van der Waals surface area contributed by atoms with E-state index in [0.717, 1.165) is 19.5 Å². The molecule has 0 N–H and O–H groups in total. The van der Waals surface area contributed by atoms with Crippen molar-refractivity contribution < 1.29 is 4.74 Å². The van der Waals surface area contributed by atoms with Gasteiger partial charge in [0.05, 0.1) is 0 Å². The first kappa shape index (κ1) is 10.9. The lowest BCUT2D eigenvalue weighted by Gasteiger charge is -2.27. The van der Waals surface area contributed by atoms with Crippen LogP contribution in [0.25, 0.3) is 0 Å². The fourth-order valence-electron chi connectivity index (χ4n) is 1.37. The Bertz CT molecular complexity index is 81.6. The third kappa shape index (κ3) is 3.73. The first-order valence-electron chi connectivity index (χ1n) is 4.56. The van der Waals surface area contributed by atoms with Gasteiger partial charge in [-0.15, -0.1) is 0 Å². The SMILES string of the molecule is CCCN(CC)C(CC)OC. The summed E-state index contributed by atoms with van der Waals surface area (Å²) in [5, 5.41) is 0. The maximum Gasteiger partial charge on any atom is 0.109 e. The Morgan fingerprint density at radius 3 is 2.18 bits per heavy atom. The third-order valence-electron chi connectivity index (χ3n) is 1.95. The van der Waals surface area contributed by atoms with Crippen LogP contribution in [0.4, 0.5) is 0 Å². The van der Waals surface area contributed by atoms with E-state index in [1.54, 1.807) is 7.11 Å². The van der Waals surface area contributed by atoms with Crippen LogP contribution < -0.4 is 0 Å². The van der Waals surface area contributed by atoms with E-state index < -0.39 is 0 Å². The molecule has 11 heavy (non-hydrogen) atoms. The van der Waals surface area contributed by atoms with Crippen molar-refractivity contribution >= 4 is 0 Å². The summed E-state index contributed by atoms with van der Waals surface area (Å²) < 4.78 is 5.33. The fourth-order valence-corrected chi connectivity index (χ4v) is 1.37. The quantitative estimate of drug-likeness (QED) is 0.550. The van der Waals surface area contributed by atoms with Gasteiger partial charge in [0, 0.05) is 13.7 Å². The highest BCUT2D eigenvalue weighted by molar-refractivity contribution is 4.58. The lowest BCUT2D eigenvalue weighted by Crippen LogP contribution is -2.36. The lowest BCUT2D eigenvalue weighted by atomic mass is 10.3. The minimum atomic E-state index is 0.319. The topological polar surface area (TPSA) is 12.5 Å². The van der Waals surface area contributed by atoms with Gasteiger partial charge < -0.3 is 4.74 Å². The zero-order valence-electron chi connectivity index (χ0n) is 8.26. The van der Waals surface area contributed by atoms with Crippen LogP contribution in [0.1, 0.15) is 33.6 Å². The molecule has 0 radical (unpaired) electrons. The van der Waals surface area contributed by atoms with Crippen LogP contribution >= 0.6 is 0 Å². The predicted molar refractivity (Wildman–Crippen MR) is 48.6 cm³/mol. The van der Waals surface area contributed by atoms with Gasteiger partial charge in [0.1, 0.15) is 6.23 Å². The van der Waals surface area contributed by atoms with Crippen molar-refractivity contribution in [1.29, 1.82) is 0 Å². The van der Waals surface area contributed by atoms with Crippen molar-refractivity contribution in [3.63, 3.8) is 0 Å². The van der Waals surface area contributed by atoms with Crippen LogP contribution in [0.3, 0.4) is 0 Å². The van der Waals surface area contributed by atoms with E-state index >= 15 is 0 Å². The summed E-state index contributed by atoms with van der Waals surface area (Å²) in [6.45, 7) is 8.76. The van der Waals surface area contributed by atoms with Crippen LogP contribution in [0.5, 0.6) is 0 Å². The molecule has 0 aromatic rings. The van der Waals surface area contributed by atoms with Gasteiger partial charge >= 0.3 is 0 Å². The second kappa shape index (κ2) is 6.62. The Kier molecular flexibility index (Phi) is 6.57. The van der Waals surface area contributed by atoms with Crippen molar-refractivity contribution in [3.05, 3.63) is 0 Å². The lowest BCUT2D eigenvalue weighted by molar-refractivity contribution is -0.0316. The molecule has 0 aliphatic rings. The molecule has 0 bridgehead atoms. The standard InChI is InChI=1S/C9H21NO/c1-5-8-10(7-3)9(6-2)11-4/h9H,5-8H2,1-4H3. The molecule has 0 aliphatic carbocycles. The predicted octanol–water partition coefficient (Wildman–Crippen LogP) is 2.10. The second-order valence-corrected chi connectivity index (χ2v) is 2.73. The van der Waals surface area contributed by atoms with E-state index in [-0.39, 0.29) is 0 Å². The molecule has 0 saturated carbocycles. The molecular weight excluding hydrogens is 138 g/mol. The third-order valence-corrected chi connectivity index (χ3v) is 1.95. The molecule has 0 aliphatic heterocycles. The molecule has 68 valence electrons. The number of hydrogen-bond acceptors (Lipinski definition) is 2. The summed E-state index contributed by atoms with van der Waals surface area (Å²) in [4.78, 5) is 2.36. The van der Waals surface area contributed by atoms with Gasteiger partial charge in [0.15, 0.2) is 0 Å². The summed E-state index contributed by atoms with van der Waals surface area (Å²) in [5.74, 6) is 0. The van der Waals surface area contributed by atoms with Gasteiger partial charge in [-0.1, -0.05) is 20.8 Å². The molecule has 0 rings (SSSR count). The Morgan fingerprint density at radius 1 is 1.27 bits per heavy atom. The highest BCUT2D eigenvalue weighted by Gasteiger charge is 2.11. The van der Waals surface area contributed by atoms with Crippen molar-refractivity contribution in [2.24, 2.45) is 0 Å². The monoisotopic (exact) mass is 159 g/mol. The number of ether oxygens (including phenoxy) is 1. The zero-order chi connectivity index (χ0) is 8.69. The molecule has 2 nitrogen and oxygen atoms in total. The van der Waals surface area contributed by atoms with E-state index in [4.69, 9.17) is 4.74 Å². The molecule has 0 aromatic carbocycles. The number of nitrogens with zero attached hydrogens (tertiary/aromatic N) is 1. The average Bonchev–Trinajstić information content (AvgIpc) is 2.05. The van der Waals surface area contributed by atoms with Gasteiger partial charge in [-0.3, -0.25) is 4.90 Å². The minimum absolute atomic E-state index is 0.319. The van der Waals surface area contributed by atoms with Gasteiger partial charge in [0.2, 0.25) is 0 Å². The van der Waals surface area contributed by atoms with E-state index in [1.165, 1.54) is 6.42 Å². The van der Waals surface area contributed by atoms with Crippen LogP contribution in [-0.2, 0) is 4.74 Å². The summed E-state index contributed by atoms with van der Waals surface area (Å²) >= 11 is 0. The van der Waals surface area contributed by atoms with E-state index in [0.29, 0.717) is 6.23 Å². The summed E-state index contributed by atoms with van der Waals surface area (Å²) in [5.41, 5.74) is 0. The summed E-state index contributed by atoms with van der Waals surface area (Å²) in [7, 11) is 1.78. The molecule has 0 heterocycles. The molecule has 0 aromatic heterocycles. The van der Waals surface area contributed by atoms with Crippen LogP contribution in [0.2, 0.25) is 0 Å². The second-order valence-electron chi connectivity index (χ2n) is 2.73. The Hall–Kier alpha value is -0.0800.